The number of sulfone groups is 1. The highest BCUT2D eigenvalue weighted by atomic mass is 32.2. The minimum absolute atomic E-state index is 0.193. The first kappa shape index (κ1) is 17.1. The van der Waals surface area contributed by atoms with Crippen LogP contribution in [0, 0.1) is 5.92 Å². The summed E-state index contributed by atoms with van der Waals surface area (Å²) in [5, 5.41) is 7.27. The van der Waals surface area contributed by atoms with E-state index in [-0.39, 0.29) is 17.6 Å². The molecule has 0 bridgehead atoms. The SMILES string of the molecule is CS(=O)(=O)Cc1noc(CN[C@@H](c2ccccc2)C2CCCC2)n1. The van der Waals surface area contributed by atoms with E-state index in [4.69, 9.17) is 4.52 Å². The van der Waals surface area contributed by atoms with Crippen molar-refractivity contribution >= 4 is 9.84 Å². The van der Waals surface area contributed by atoms with Crippen LogP contribution in [0.2, 0.25) is 0 Å². The lowest BCUT2D eigenvalue weighted by Crippen LogP contribution is -2.27. The molecule has 1 aliphatic rings. The normalized spacial score (nSPS) is 17.2. The van der Waals surface area contributed by atoms with Crippen LogP contribution in [0.1, 0.15) is 49.0 Å². The molecule has 130 valence electrons. The molecule has 1 saturated carbocycles. The maximum atomic E-state index is 11.3. The van der Waals surface area contributed by atoms with Gasteiger partial charge in [0.2, 0.25) is 5.89 Å². The van der Waals surface area contributed by atoms with Gasteiger partial charge in [-0.2, -0.15) is 4.98 Å². The first-order valence-corrected chi connectivity index (χ1v) is 10.3. The van der Waals surface area contributed by atoms with E-state index in [2.05, 4.69) is 39.7 Å². The number of nitrogens with zero attached hydrogens (tertiary/aromatic N) is 2. The quantitative estimate of drug-likeness (QED) is 0.827. The number of hydrogen-bond donors (Lipinski definition) is 1. The number of nitrogens with one attached hydrogen (secondary N) is 1. The highest BCUT2D eigenvalue weighted by Crippen LogP contribution is 2.35. The summed E-state index contributed by atoms with van der Waals surface area (Å²) in [5.74, 6) is 1.05. The van der Waals surface area contributed by atoms with Crippen molar-refractivity contribution in [2.24, 2.45) is 5.92 Å². The predicted molar refractivity (Wildman–Crippen MR) is 90.8 cm³/mol. The molecule has 0 unspecified atom stereocenters. The van der Waals surface area contributed by atoms with Gasteiger partial charge in [-0.1, -0.05) is 48.3 Å². The molecule has 24 heavy (non-hydrogen) atoms. The average Bonchev–Trinajstić information content (AvgIpc) is 3.19. The molecular weight excluding hydrogens is 326 g/mol. The van der Waals surface area contributed by atoms with Gasteiger partial charge >= 0.3 is 0 Å². The van der Waals surface area contributed by atoms with Gasteiger partial charge in [-0.25, -0.2) is 8.42 Å². The summed E-state index contributed by atoms with van der Waals surface area (Å²) in [5.41, 5.74) is 1.26. The van der Waals surface area contributed by atoms with E-state index in [1.807, 2.05) is 6.07 Å². The van der Waals surface area contributed by atoms with Gasteiger partial charge in [0.15, 0.2) is 15.7 Å². The van der Waals surface area contributed by atoms with Crippen LogP contribution < -0.4 is 5.32 Å². The summed E-state index contributed by atoms with van der Waals surface area (Å²) in [6.07, 6.45) is 6.14. The summed E-state index contributed by atoms with van der Waals surface area (Å²) in [4.78, 5) is 4.17. The van der Waals surface area contributed by atoms with E-state index < -0.39 is 9.84 Å². The van der Waals surface area contributed by atoms with Crippen LogP contribution in [0.15, 0.2) is 34.9 Å². The topological polar surface area (TPSA) is 85.1 Å². The molecule has 2 aromatic rings. The summed E-state index contributed by atoms with van der Waals surface area (Å²) >= 11 is 0. The molecule has 1 atom stereocenters. The molecule has 0 aliphatic heterocycles. The lowest BCUT2D eigenvalue weighted by molar-refractivity contribution is 0.320. The molecule has 1 N–H and O–H groups in total. The van der Waals surface area contributed by atoms with Crippen LogP contribution >= 0.6 is 0 Å². The second-order valence-corrected chi connectivity index (χ2v) is 8.63. The van der Waals surface area contributed by atoms with Crippen LogP contribution in [0.3, 0.4) is 0 Å². The van der Waals surface area contributed by atoms with Gasteiger partial charge in [0, 0.05) is 12.3 Å². The second-order valence-electron chi connectivity index (χ2n) is 6.49. The van der Waals surface area contributed by atoms with Crippen LogP contribution in [-0.4, -0.2) is 24.8 Å². The van der Waals surface area contributed by atoms with E-state index >= 15 is 0 Å². The lowest BCUT2D eigenvalue weighted by Gasteiger charge is -2.24. The molecule has 1 aliphatic carbocycles. The van der Waals surface area contributed by atoms with Crippen LogP contribution in [-0.2, 0) is 22.1 Å². The van der Waals surface area contributed by atoms with Crippen LogP contribution in [0.4, 0.5) is 0 Å². The molecule has 0 spiro atoms. The van der Waals surface area contributed by atoms with Gasteiger partial charge < -0.3 is 9.84 Å². The van der Waals surface area contributed by atoms with Gasteiger partial charge in [0.05, 0.1) is 6.54 Å². The van der Waals surface area contributed by atoms with Gasteiger partial charge in [0.25, 0.3) is 0 Å². The first-order chi connectivity index (χ1) is 11.5. The zero-order valence-corrected chi connectivity index (χ0v) is 14.6. The van der Waals surface area contributed by atoms with E-state index in [1.165, 1.54) is 31.2 Å². The Kier molecular flexibility index (Phi) is 5.30. The van der Waals surface area contributed by atoms with Crippen molar-refractivity contribution in [2.45, 2.75) is 44.0 Å². The smallest absolute Gasteiger partial charge is 0.240 e. The third-order valence-electron chi connectivity index (χ3n) is 4.40. The van der Waals surface area contributed by atoms with Gasteiger partial charge in [-0.3, -0.25) is 0 Å². The molecule has 1 aromatic carbocycles. The standard InChI is InChI=1S/C17H23N3O3S/c1-24(21,22)12-15-19-16(23-20-15)11-18-17(14-9-5-6-10-14)13-7-3-2-4-8-13/h2-4,7-8,14,17-18H,5-6,9-12H2,1H3/t17-/m0/s1. The lowest BCUT2D eigenvalue weighted by atomic mass is 9.91. The predicted octanol–water partition coefficient (Wildman–Crippen LogP) is 2.64. The number of hydrogen-bond acceptors (Lipinski definition) is 6. The average molecular weight is 349 g/mol. The third-order valence-corrected chi connectivity index (χ3v) is 5.19. The Labute approximate surface area is 142 Å². The molecular formula is C17H23N3O3S. The molecule has 1 fully saturated rings. The largest absolute Gasteiger partial charge is 0.338 e. The third kappa shape index (κ3) is 4.64. The minimum atomic E-state index is -3.16. The van der Waals surface area contributed by atoms with Crippen molar-refractivity contribution in [2.75, 3.05) is 6.26 Å². The Hall–Kier alpha value is -1.73. The fourth-order valence-corrected chi connectivity index (χ4v) is 3.95. The Morgan fingerprint density at radius 3 is 2.62 bits per heavy atom. The minimum Gasteiger partial charge on any atom is -0.338 e. The monoisotopic (exact) mass is 349 g/mol. The Balaban J connectivity index is 1.67. The molecule has 7 heteroatoms. The van der Waals surface area contributed by atoms with Crippen LogP contribution in [0.5, 0.6) is 0 Å². The highest BCUT2D eigenvalue weighted by Gasteiger charge is 2.26. The molecule has 1 heterocycles. The molecule has 3 rings (SSSR count). The molecule has 1 aromatic heterocycles. The van der Waals surface area contributed by atoms with Gasteiger partial charge in [0.1, 0.15) is 5.75 Å². The van der Waals surface area contributed by atoms with E-state index in [0.717, 1.165) is 6.26 Å². The van der Waals surface area contributed by atoms with Crippen molar-refractivity contribution in [3.05, 3.63) is 47.6 Å². The van der Waals surface area contributed by atoms with E-state index in [0.29, 0.717) is 18.4 Å². The summed E-state index contributed by atoms with van der Waals surface area (Å²) in [6, 6.07) is 10.6. The Morgan fingerprint density at radius 1 is 1.25 bits per heavy atom. The summed E-state index contributed by atoms with van der Waals surface area (Å²) < 4.78 is 27.8. The fourth-order valence-electron chi connectivity index (χ4n) is 3.36. The number of rotatable bonds is 7. The fraction of sp³-hybridized carbons (Fsp3) is 0.529. The van der Waals surface area contributed by atoms with Crippen LogP contribution in [0.25, 0.3) is 0 Å². The highest BCUT2D eigenvalue weighted by molar-refractivity contribution is 7.89. The van der Waals surface area contributed by atoms with Crippen molar-refractivity contribution in [1.29, 1.82) is 0 Å². The van der Waals surface area contributed by atoms with Crippen molar-refractivity contribution in [1.82, 2.24) is 15.5 Å². The van der Waals surface area contributed by atoms with E-state index in [9.17, 15) is 8.42 Å². The number of benzene rings is 1. The summed E-state index contributed by atoms with van der Waals surface area (Å²) in [6.45, 7) is 0.437. The van der Waals surface area contributed by atoms with Crippen molar-refractivity contribution < 1.29 is 12.9 Å². The van der Waals surface area contributed by atoms with Gasteiger partial charge in [-0.05, 0) is 24.3 Å². The zero-order valence-electron chi connectivity index (χ0n) is 13.8. The molecule has 0 amide bonds. The zero-order chi connectivity index (χ0) is 17.0. The maximum Gasteiger partial charge on any atom is 0.240 e. The second kappa shape index (κ2) is 7.44. The molecule has 6 nitrogen and oxygen atoms in total. The maximum absolute atomic E-state index is 11.3. The van der Waals surface area contributed by atoms with Crippen molar-refractivity contribution in [3.63, 3.8) is 0 Å². The first-order valence-electron chi connectivity index (χ1n) is 8.29. The molecule has 0 saturated heterocycles. The number of aromatic nitrogens is 2. The molecule has 0 radical (unpaired) electrons. The summed E-state index contributed by atoms with van der Waals surface area (Å²) in [7, 11) is -3.16. The Morgan fingerprint density at radius 2 is 1.96 bits per heavy atom. The Bertz CT molecular complexity index is 752. The van der Waals surface area contributed by atoms with Gasteiger partial charge in [-0.15, -0.1) is 0 Å². The van der Waals surface area contributed by atoms with E-state index in [1.54, 1.807) is 0 Å². The van der Waals surface area contributed by atoms with Crippen molar-refractivity contribution in [3.8, 4) is 0 Å².